The summed E-state index contributed by atoms with van der Waals surface area (Å²) in [5, 5.41) is 0. The fourth-order valence-corrected chi connectivity index (χ4v) is 4.10. The molecule has 9 nitrogen and oxygen atoms in total. The van der Waals surface area contributed by atoms with Crippen molar-refractivity contribution >= 4 is 19.8 Å². The second-order valence-corrected chi connectivity index (χ2v) is 12.6. The van der Waals surface area contributed by atoms with Gasteiger partial charge in [0.1, 0.15) is 19.8 Å². The Morgan fingerprint density at radius 3 is 2.07 bits per heavy atom. The van der Waals surface area contributed by atoms with Crippen molar-refractivity contribution in [3.63, 3.8) is 0 Å². The van der Waals surface area contributed by atoms with Crippen LogP contribution in [0.15, 0.2) is 72.9 Å². The summed E-state index contributed by atoms with van der Waals surface area (Å²) in [5.41, 5.74) is 0. The van der Waals surface area contributed by atoms with Crippen molar-refractivity contribution in [2.75, 3.05) is 47.5 Å². The molecule has 0 aromatic carbocycles. The van der Waals surface area contributed by atoms with Gasteiger partial charge in [0, 0.05) is 12.8 Å². The van der Waals surface area contributed by atoms with Gasteiger partial charge in [-0.2, -0.15) is 0 Å². The molecule has 10 heteroatoms. The highest BCUT2D eigenvalue weighted by Gasteiger charge is 2.21. The second-order valence-electron chi connectivity index (χ2n) is 11.1. The minimum atomic E-state index is -4.63. The average Bonchev–Trinajstić information content (AvgIpc) is 2.95. The van der Waals surface area contributed by atoms with Crippen molar-refractivity contribution in [3.8, 4) is 0 Å². The van der Waals surface area contributed by atoms with Crippen LogP contribution in [-0.4, -0.2) is 70.0 Å². The molecule has 44 heavy (non-hydrogen) atoms. The number of carbonyl (C=O) groups excluding carboxylic acids is 2. The maximum absolute atomic E-state index is 12.5. The highest BCUT2D eigenvalue weighted by Crippen LogP contribution is 2.38. The highest BCUT2D eigenvalue weighted by molar-refractivity contribution is 7.45. The summed E-state index contributed by atoms with van der Waals surface area (Å²) in [6.45, 7) is 3.74. The van der Waals surface area contributed by atoms with Gasteiger partial charge in [-0.1, -0.05) is 93.2 Å². The van der Waals surface area contributed by atoms with Gasteiger partial charge >= 0.3 is 11.9 Å². The van der Waals surface area contributed by atoms with Crippen LogP contribution < -0.4 is 4.89 Å². The number of phosphoric acid groups is 1. The van der Waals surface area contributed by atoms with Crippen molar-refractivity contribution in [1.82, 2.24) is 0 Å². The van der Waals surface area contributed by atoms with E-state index in [2.05, 4.69) is 38.2 Å². The van der Waals surface area contributed by atoms with Gasteiger partial charge in [0.05, 0.1) is 27.7 Å². The molecule has 0 rings (SSSR count). The Balaban J connectivity index is 4.68. The Labute approximate surface area is 266 Å². The first-order valence-corrected chi connectivity index (χ1v) is 17.2. The summed E-state index contributed by atoms with van der Waals surface area (Å²) in [4.78, 5) is 36.9. The third-order valence-corrected chi connectivity index (χ3v) is 6.79. The normalized spacial score (nSPS) is 15.0. The lowest BCUT2D eigenvalue weighted by Gasteiger charge is -2.28. The topological polar surface area (TPSA) is 111 Å². The lowest BCUT2D eigenvalue weighted by Crippen LogP contribution is -2.37. The Hall–Kier alpha value is -2.55. The number of quaternary nitrogens is 1. The van der Waals surface area contributed by atoms with Crippen molar-refractivity contribution in [2.24, 2.45) is 0 Å². The van der Waals surface area contributed by atoms with Gasteiger partial charge in [0.25, 0.3) is 7.82 Å². The molecule has 0 fully saturated rings. The maximum atomic E-state index is 12.5. The second kappa shape index (κ2) is 26.8. The third kappa shape index (κ3) is 29.5. The zero-order chi connectivity index (χ0) is 32.9. The standard InChI is InChI=1S/C34H56NO8P/c1-6-8-10-12-14-15-16-17-18-19-21-23-25-27-34(37)43-32(31-42-44(38,39)41-29-28-35(3,4)5)30-40-33(36)26-24-22-20-13-11-9-7-2/h8-12,14-18,20,22,32H,6-7,13,19,21,23-31H2,1-5H3/b10-8+,11-9+,14-12+,16-15+,18-17+,22-20+. The number of hydrogen-bond donors (Lipinski definition) is 0. The van der Waals surface area contributed by atoms with Gasteiger partial charge in [0.2, 0.25) is 0 Å². The molecule has 0 bridgehead atoms. The molecule has 250 valence electrons. The summed E-state index contributed by atoms with van der Waals surface area (Å²) in [6, 6.07) is 0. The van der Waals surface area contributed by atoms with E-state index in [1.807, 2.05) is 69.8 Å². The van der Waals surface area contributed by atoms with Crippen molar-refractivity contribution < 1.29 is 42.1 Å². The van der Waals surface area contributed by atoms with Crippen LogP contribution in [0, 0.1) is 0 Å². The smallest absolute Gasteiger partial charge is 0.306 e. The van der Waals surface area contributed by atoms with Crippen LogP contribution in [0.25, 0.3) is 0 Å². The molecule has 0 aliphatic carbocycles. The van der Waals surface area contributed by atoms with Gasteiger partial charge in [0.15, 0.2) is 6.10 Å². The summed E-state index contributed by atoms with van der Waals surface area (Å²) in [5.74, 6) is -0.983. The lowest BCUT2D eigenvalue weighted by molar-refractivity contribution is -0.870. The monoisotopic (exact) mass is 637 g/mol. The van der Waals surface area contributed by atoms with Gasteiger partial charge in [-0.05, 0) is 44.9 Å². The van der Waals surface area contributed by atoms with Crippen LogP contribution in [0.3, 0.4) is 0 Å². The molecule has 2 unspecified atom stereocenters. The van der Waals surface area contributed by atoms with Gasteiger partial charge in [-0.25, -0.2) is 0 Å². The van der Waals surface area contributed by atoms with E-state index in [4.69, 9.17) is 18.5 Å². The molecule has 2 atom stereocenters. The molecule has 0 saturated heterocycles. The predicted octanol–water partition coefficient (Wildman–Crippen LogP) is 6.93. The maximum Gasteiger partial charge on any atom is 0.306 e. The number of phosphoric ester groups is 1. The van der Waals surface area contributed by atoms with Gasteiger partial charge in [-0.3, -0.25) is 14.2 Å². The van der Waals surface area contributed by atoms with Crippen LogP contribution in [0.1, 0.15) is 78.1 Å². The largest absolute Gasteiger partial charge is 0.756 e. The fourth-order valence-electron chi connectivity index (χ4n) is 3.37. The molecule has 0 N–H and O–H groups in total. The van der Waals surface area contributed by atoms with Crippen LogP contribution in [0.2, 0.25) is 0 Å². The number of allylic oxidation sites excluding steroid dienone is 12. The van der Waals surface area contributed by atoms with Crippen LogP contribution in [0.5, 0.6) is 0 Å². The number of nitrogens with zero attached hydrogens (tertiary/aromatic N) is 1. The van der Waals surface area contributed by atoms with E-state index >= 15 is 0 Å². The Kier molecular flexibility index (Phi) is 25.3. The summed E-state index contributed by atoms with van der Waals surface area (Å²) in [7, 11) is 1.09. The van der Waals surface area contributed by atoms with Crippen molar-refractivity contribution in [3.05, 3.63) is 72.9 Å². The van der Waals surface area contributed by atoms with E-state index in [-0.39, 0.29) is 26.1 Å². The molecule has 0 aliphatic heterocycles. The van der Waals surface area contributed by atoms with E-state index in [0.717, 1.165) is 38.5 Å². The third-order valence-electron chi connectivity index (χ3n) is 5.83. The molecule has 0 amide bonds. The zero-order valence-electron chi connectivity index (χ0n) is 27.6. The van der Waals surface area contributed by atoms with E-state index in [0.29, 0.717) is 23.9 Å². The van der Waals surface area contributed by atoms with Crippen molar-refractivity contribution in [1.29, 1.82) is 0 Å². The van der Waals surface area contributed by atoms with E-state index < -0.39 is 32.5 Å². The molecular weight excluding hydrogens is 581 g/mol. The van der Waals surface area contributed by atoms with Crippen LogP contribution in [0.4, 0.5) is 0 Å². The highest BCUT2D eigenvalue weighted by atomic mass is 31.2. The molecule has 0 spiro atoms. The first-order valence-electron chi connectivity index (χ1n) is 15.7. The number of ether oxygens (including phenoxy) is 2. The Morgan fingerprint density at radius 1 is 0.727 bits per heavy atom. The minimum absolute atomic E-state index is 0.0510. The Morgan fingerprint density at radius 2 is 1.39 bits per heavy atom. The number of carbonyl (C=O) groups is 2. The summed E-state index contributed by atoms with van der Waals surface area (Å²) < 4.78 is 33.3. The number of hydrogen-bond acceptors (Lipinski definition) is 8. The minimum Gasteiger partial charge on any atom is -0.756 e. The first-order chi connectivity index (χ1) is 21.0. The van der Waals surface area contributed by atoms with E-state index in [1.165, 1.54) is 0 Å². The summed E-state index contributed by atoms with van der Waals surface area (Å²) in [6.07, 6.45) is 29.9. The summed E-state index contributed by atoms with van der Waals surface area (Å²) >= 11 is 0. The average molecular weight is 638 g/mol. The molecule has 0 radical (unpaired) electrons. The van der Waals surface area contributed by atoms with E-state index in [1.54, 1.807) is 0 Å². The fraction of sp³-hybridized carbons (Fsp3) is 0.588. The zero-order valence-corrected chi connectivity index (χ0v) is 28.5. The van der Waals surface area contributed by atoms with Crippen LogP contribution >= 0.6 is 7.82 Å². The molecule has 0 heterocycles. The number of esters is 2. The SMILES string of the molecule is CC/C=C/C=C/C=C/C=C/CCCCCC(=O)OC(COC(=O)CC/C=C/C/C=C/CC)COP(=O)([O-])OCC[N+](C)(C)C. The van der Waals surface area contributed by atoms with E-state index in [9.17, 15) is 19.0 Å². The van der Waals surface area contributed by atoms with Crippen LogP contribution in [-0.2, 0) is 32.7 Å². The van der Waals surface area contributed by atoms with Gasteiger partial charge < -0.3 is 27.9 Å². The number of likely N-dealkylation sites (N-methyl/N-ethyl adjacent to an activating group) is 1. The van der Waals surface area contributed by atoms with Crippen molar-refractivity contribution in [2.45, 2.75) is 84.2 Å². The molecule has 0 aliphatic rings. The Bertz CT molecular complexity index is 992. The number of unbranched alkanes of at least 4 members (excludes halogenated alkanes) is 3. The predicted molar refractivity (Wildman–Crippen MR) is 176 cm³/mol. The first kappa shape index (κ1) is 41.4. The molecule has 0 aromatic rings. The van der Waals surface area contributed by atoms with Gasteiger partial charge in [-0.15, -0.1) is 0 Å². The number of rotatable bonds is 26. The molecular formula is C34H56NO8P. The molecule has 0 saturated carbocycles. The molecule has 0 aromatic heterocycles. The quantitative estimate of drug-likeness (QED) is 0.0251. The lowest BCUT2D eigenvalue weighted by atomic mass is 10.1.